The summed E-state index contributed by atoms with van der Waals surface area (Å²) in [6.07, 6.45) is 0. The maximum atomic E-state index is 12.8. The molecule has 3 heterocycles. The normalized spacial score (nSPS) is 14.8. The van der Waals surface area contributed by atoms with Gasteiger partial charge < -0.3 is 9.15 Å². The highest BCUT2D eigenvalue weighted by atomic mass is 32.2. The van der Waals surface area contributed by atoms with Crippen LogP contribution < -0.4 is 10.7 Å². The SMILES string of the molecule is O=C(Nc1nc(-c2ccc(S(=O)(=O)N3CCOCC3)cc2)cs1)c1cc(=O)c2ccccc2o1. The minimum atomic E-state index is -3.58. The van der Waals surface area contributed by atoms with Gasteiger partial charge in [0.2, 0.25) is 10.0 Å². The van der Waals surface area contributed by atoms with E-state index in [0.29, 0.717) is 53.7 Å². The number of sulfonamides is 1. The van der Waals surface area contributed by atoms with E-state index in [9.17, 15) is 18.0 Å². The molecule has 34 heavy (non-hydrogen) atoms. The van der Waals surface area contributed by atoms with Crippen molar-refractivity contribution in [2.24, 2.45) is 0 Å². The highest BCUT2D eigenvalue weighted by molar-refractivity contribution is 7.89. The lowest BCUT2D eigenvalue weighted by Crippen LogP contribution is -2.40. The zero-order chi connectivity index (χ0) is 23.7. The van der Waals surface area contributed by atoms with Gasteiger partial charge >= 0.3 is 0 Å². The highest BCUT2D eigenvalue weighted by Gasteiger charge is 2.26. The third kappa shape index (κ3) is 4.38. The van der Waals surface area contributed by atoms with Gasteiger partial charge in [0, 0.05) is 30.1 Å². The van der Waals surface area contributed by atoms with Crippen molar-refractivity contribution in [2.75, 3.05) is 31.6 Å². The fourth-order valence-corrected chi connectivity index (χ4v) is 5.69. The van der Waals surface area contributed by atoms with E-state index >= 15 is 0 Å². The quantitative estimate of drug-likeness (QED) is 0.450. The Labute approximate surface area is 198 Å². The van der Waals surface area contributed by atoms with Crippen molar-refractivity contribution in [2.45, 2.75) is 4.90 Å². The average Bonchev–Trinajstić information content (AvgIpc) is 3.33. The number of nitrogens with one attached hydrogen (secondary N) is 1. The van der Waals surface area contributed by atoms with Gasteiger partial charge in [0.1, 0.15) is 5.58 Å². The van der Waals surface area contributed by atoms with Crippen molar-refractivity contribution in [1.82, 2.24) is 9.29 Å². The number of carbonyl (C=O) groups excluding carboxylic acids is 1. The molecule has 9 nitrogen and oxygen atoms in total. The molecular formula is C23H19N3O6S2. The van der Waals surface area contributed by atoms with Crippen LogP contribution in [0, 0.1) is 0 Å². The number of hydrogen-bond donors (Lipinski definition) is 1. The molecular weight excluding hydrogens is 478 g/mol. The molecule has 1 aliphatic rings. The number of aromatic nitrogens is 1. The predicted octanol–water partition coefficient (Wildman–Crippen LogP) is 3.19. The Kier molecular flexibility index (Phi) is 6.00. The number of fused-ring (bicyclic) bond motifs is 1. The number of ether oxygens (including phenoxy) is 1. The number of carbonyl (C=O) groups is 1. The molecule has 11 heteroatoms. The molecule has 1 N–H and O–H groups in total. The molecule has 4 aromatic rings. The minimum absolute atomic E-state index is 0.113. The monoisotopic (exact) mass is 497 g/mol. The van der Waals surface area contributed by atoms with Crippen molar-refractivity contribution < 1.29 is 22.4 Å². The van der Waals surface area contributed by atoms with Crippen molar-refractivity contribution in [3.8, 4) is 11.3 Å². The maximum Gasteiger partial charge on any atom is 0.293 e. The first-order chi connectivity index (χ1) is 16.4. The molecule has 2 aromatic heterocycles. The van der Waals surface area contributed by atoms with E-state index in [1.54, 1.807) is 53.9 Å². The van der Waals surface area contributed by atoms with E-state index in [0.717, 1.165) is 6.07 Å². The molecule has 0 bridgehead atoms. The molecule has 1 aliphatic heterocycles. The topological polar surface area (TPSA) is 119 Å². The first kappa shape index (κ1) is 22.4. The molecule has 0 spiro atoms. The average molecular weight is 498 g/mol. The van der Waals surface area contributed by atoms with Crippen LogP contribution >= 0.6 is 11.3 Å². The third-order valence-electron chi connectivity index (χ3n) is 5.34. The second-order valence-corrected chi connectivity index (χ2v) is 10.3. The van der Waals surface area contributed by atoms with E-state index in [2.05, 4.69) is 10.3 Å². The van der Waals surface area contributed by atoms with Crippen molar-refractivity contribution in [1.29, 1.82) is 0 Å². The molecule has 1 amide bonds. The van der Waals surface area contributed by atoms with Crippen LogP contribution in [0.5, 0.6) is 0 Å². The number of para-hydroxylation sites is 1. The molecule has 0 unspecified atom stereocenters. The van der Waals surface area contributed by atoms with Gasteiger partial charge in [0.05, 0.1) is 29.2 Å². The van der Waals surface area contributed by atoms with Gasteiger partial charge in [-0.3, -0.25) is 14.9 Å². The molecule has 1 fully saturated rings. The zero-order valence-electron chi connectivity index (χ0n) is 17.8. The highest BCUT2D eigenvalue weighted by Crippen LogP contribution is 2.27. The number of rotatable bonds is 5. The van der Waals surface area contributed by atoms with E-state index in [4.69, 9.17) is 9.15 Å². The Bertz CT molecular complexity index is 1520. The molecule has 174 valence electrons. The van der Waals surface area contributed by atoms with Crippen molar-refractivity contribution in [3.63, 3.8) is 0 Å². The Balaban J connectivity index is 1.32. The second kappa shape index (κ2) is 9.11. The first-order valence-corrected chi connectivity index (χ1v) is 12.7. The number of morpholine rings is 1. The summed E-state index contributed by atoms with van der Waals surface area (Å²) in [5.41, 5.74) is 1.30. The molecule has 1 saturated heterocycles. The van der Waals surface area contributed by atoms with Gasteiger partial charge in [-0.05, 0) is 24.3 Å². The maximum absolute atomic E-state index is 12.8. The summed E-state index contributed by atoms with van der Waals surface area (Å²) >= 11 is 1.20. The van der Waals surface area contributed by atoms with Gasteiger partial charge in [-0.25, -0.2) is 13.4 Å². The Morgan fingerprint density at radius 1 is 1.06 bits per heavy atom. The summed E-state index contributed by atoms with van der Waals surface area (Å²) < 4.78 is 37.8. The van der Waals surface area contributed by atoms with Gasteiger partial charge in [0.25, 0.3) is 5.91 Å². The van der Waals surface area contributed by atoms with E-state index in [-0.39, 0.29) is 16.1 Å². The summed E-state index contributed by atoms with van der Waals surface area (Å²) in [6.45, 7) is 1.42. The van der Waals surface area contributed by atoms with Crippen LogP contribution in [0.15, 0.2) is 74.1 Å². The van der Waals surface area contributed by atoms with Gasteiger partial charge in [-0.2, -0.15) is 4.31 Å². The Hall–Kier alpha value is -3.38. The van der Waals surface area contributed by atoms with Crippen LogP contribution in [-0.4, -0.2) is 49.9 Å². The van der Waals surface area contributed by atoms with Crippen molar-refractivity contribution in [3.05, 3.63) is 76.0 Å². The molecule has 0 aliphatic carbocycles. The van der Waals surface area contributed by atoms with Crippen molar-refractivity contribution >= 4 is 43.4 Å². The number of nitrogens with zero attached hydrogens (tertiary/aromatic N) is 2. The lowest BCUT2D eigenvalue weighted by molar-refractivity contribution is 0.0730. The van der Waals surface area contributed by atoms with Crippen LogP contribution in [-0.2, 0) is 14.8 Å². The Morgan fingerprint density at radius 2 is 1.79 bits per heavy atom. The molecule has 0 radical (unpaired) electrons. The summed E-state index contributed by atoms with van der Waals surface area (Å²) in [7, 11) is -3.58. The summed E-state index contributed by atoms with van der Waals surface area (Å²) in [5.74, 6) is -0.700. The minimum Gasteiger partial charge on any atom is -0.451 e. The Morgan fingerprint density at radius 3 is 2.56 bits per heavy atom. The standard InChI is InChI=1S/C23H19N3O6S2/c27-19-13-21(32-20-4-2-1-3-17(19)20)22(28)25-23-24-18(14-33-23)15-5-7-16(8-6-15)34(29,30)26-9-11-31-12-10-26/h1-8,13-14H,9-12H2,(H,24,25,28). The van der Waals surface area contributed by atoms with Crippen LogP contribution in [0.2, 0.25) is 0 Å². The number of anilines is 1. The first-order valence-electron chi connectivity index (χ1n) is 10.4. The van der Waals surface area contributed by atoms with Crippen LogP contribution in [0.25, 0.3) is 22.2 Å². The molecule has 0 saturated carbocycles. The second-order valence-electron chi connectivity index (χ2n) is 7.50. The predicted molar refractivity (Wildman–Crippen MR) is 128 cm³/mol. The fourth-order valence-electron chi connectivity index (χ4n) is 3.57. The largest absolute Gasteiger partial charge is 0.451 e. The fraction of sp³-hybridized carbons (Fsp3) is 0.174. The smallest absolute Gasteiger partial charge is 0.293 e. The third-order valence-corrected chi connectivity index (χ3v) is 8.01. The molecule has 2 aromatic carbocycles. The van der Waals surface area contributed by atoms with Gasteiger partial charge in [0.15, 0.2) is 16.3 Å². The number of benzene rings is 2. The number of thiazole rings is 1. The van der Waals surface area contributed by atoms with Crippen LogP contribution in [0.4, 0.5) is 5.13 Å². The summed E-state index contributed by atoms with van der Waals surface area (Å²) in [5, 5.41) is 5.11. The lowest BCUT2D eigenvalue weighted by atomic mass is 10.2. The van der Waals surface area contributed by atoms with Crippen LogP contribution in [0.3, 0.4) is 0 Å². The van der Waals surface area contributed by atoms with E-state index in [1.165, 1.54) is 15.6 Å². The lowest BCUT2D eigenvalue weighted by Gasteiger charge is -2.26. The summed E-state index contributed by atoms with van der Waals surface area (Å²) in [4.78, 5) is 29.4. The van der Waals surface area contributed by atoms with E-state index < -0.39 is 15.9 Å². The van der Waals surface area contributed by atoms with Gasteiger partial charge in [-0.1, -0.05) is 24.3 Å². The molecule has 0 atom stereocenters. The number of hydrogen-bond acceptors (Lipinski definition) is 8. The van der Waals surface area contributed by atoms with Gasteiger partial charge in [-0.15, -0.1) is 11.3 Å². The molecule has 5 rings (SSSR count). The summed E-state index contributed by atoms with van der Waals surface area (Å²) in [6, 6.07) is 14.3. The van der Waals surface area contributed by atoms with E-state index in [1.807, 2.05) is 0 Å². The zero-order valence-corrected chi connectivity index (χ0v) is 19.4. The number of amides is 1. The van der Waals surface area contributed by atoms with Crippen LogP contribution in [0.1, 0.15) is 10.6 Å².